The van der Waals surface area contributed by atoms with Crippen LogP contribution in [0.4, 0.5) is 0 Å². The molecule has 3 aromatic carbocycles. The van der Waals surface area contributed by atoms with Crippen molar-refractivity contribution < 1.29 is 24.5 Å². The van der Waals surface area contributed by atoms with Crippen molar-refractivity contribution in [3.8, 4) is 5.75 Å². The molecule has 0 bridgehead atoms. The molecular weight excluding hydrogens is 522 g/mol. The predicted molar refractivity (Wildman–Crippen MR) is 132 cm³/mol. The highest BCUT2D eigenvalue weighted by molar-refractivity contribution is 9.10. The lowest BCUT2D eigenvalue weighted by molar-refractivity contribution is -0.140. The number of benzene rings is 3. The van der Waals surface area contributed by atoms with Gasteiger partial charge in [-0.25, -0.2) is 0 Å². The standard InChI is InChI=1S/C26H21BrClNO5/c27-19-8-3-6-16(13-19)23-22(25(32)26(33)29(23)11-12-30)24(31)17-7-4-9-20(14-17)34-15-18-5-1-2-10-21(18)28/h1-10,13-14,23,30-31H,11-12,15H2/b24-22+. The van der Waals surface area contributed by atoms with Crippen LogP contribution in [0.5, 0.6) is 5.75 Å². The Hall–Kier alpha value is -3.13. The number of likely N-dealkylation sites (tertiary alicyclic amines) is 1. The molecule has 1 atom stereocenters. The summed E-state index contributed by atoms with van der Waals surface area (Å²) < 4.78 is 6.60. The summed E-state index contributed by atoms with van der Waals surface area (Å²) in [6.45, 7) is -0.134. The first-order valence-corrected chi connectivity index (χ1v) is 11.7. The molecule has 0 aliphatic carbocycles. The highest BCUT2D eigenvalue weighted by Gasteiger charge is 2.45. The number of Topliss-reactive ketones (excluding diaryl/α,β-unsaturated/α-hetero) is 1. The van der Waals surface area contributed by atoms with Gasteiger partial charge in [-0.2, -0.15) is 0 Å². The second kappa shape index (κ2) is 10.4. The lowest BCUT2D eigenvalue weighted by atomic mass is 9.95. The molecule has 1 unspecified atom stereocenters. The van der Waals surface area contributed by atoms with E-state index < -0.39 is 17.7 Å². The zero-order valence-electron chi connectivity index (χ0n) is 17.9. The number of ether oxygens (including phenoxy) is 1. The van der Waals surface area contributed by atoms with E-state index in [0.29, 0.717) is 21.9 Å². The Morgan fingerprint density at radius 1 is 1.03 bits per heavy atom. The molecular formula is C26H21BrClNO5. The van der Waals surface area contributed by atoms with E-state index in [2.05, 4.69) is 15.9 Å². The molecule has 4 rings (SSSR count). The average molecular weight is 543 g/mol. The van der Waals surface area contributed by atoms with Crippen molar-refractivity contribution in [2.75, 3.05) is 13.2 Å². The molecule has 174 valence electrons. The van der Waals surface area contributed by atoms with Crippen molar-refractivity contribution in [2.24, 2.45) is 0 Å². The number of β-amino-alcohol motifs (C(OH)–C–C–N with tert-alkyl or cyclic N) is 1. The van der Waals surface area contributed by atoms with Crippen LogP contribution in [0.2, 0.25) is 5.02 Å². The van der Waals surface area contributed by atoms with Gasteiger partial charge < -0.3 is 19.8 Å². The molecule has 0 saturated carbocycles. The van der Waals surface area contributed by atoms with Gasteiger partial charge in [0, 0.05) is 27.2 Å². The first-order valence-electron chi connectivity index (χ1n) is 10.5. The minimum Gasteiger partial charge on any atom is -0.507 e. The van der Waals surface area contributed by atoms with Gasteiger partial charge in [0.15, 0.2) is 0 Å². The van der Waals surface area contributed by atoms with E-state index in [1.165, 1.54) is 4.90 Å². The van der Waals surface area contributed by atoms with Crippen LogP contribution in [0.3, 0.4) is 0 Å². The quantitative estimate of drug-likeness (QED) is 0.247. The maximum absolute atomic E-state index is 13.0. The van der Waals surface area contributed by atoms with Crippen LogP contribution in [0.1, 0.15) is 22.7 Å². The summed E-state index contributed by atoms with van der Waals surface area (Å²) in [5.41, 5.74) is 1.73. The van der Waals surface area contributed by atoms with Crippen molar-refractivity contribution in [1.82, 2.24) is 4.90 Å². The van der Waals surface area contributed by atoms with Crippen LogP contribution < -0.4 is 4.74 Å². The maximum Gasteiger partial charge on any atom is 0.295 e. The second-order valence-electron chi connectivity index (χ2n) is 7.68. The highest BCUT2D eigenvalue weighted by atomic mass is 79.9. The first kappa shape index (κ1) is 24.0. The zero-order chi connectivity index (χ0) is 24.2. The Labute approximate surface area is 210 Å². The highest BCUT2D eigenvalue weighted by Crippen LogP contribution is 2.40. The van der Waals surface area contributed by atoms with Gasteiger partial charge >= 0.3 is 0 Å². The summed E-state index contributed by atoms with van der Waals surface area (Å²) in [4.78, 5) is 27.0. The number of ketones is 1. The number of carbonyl (C=O) groups is 2. The maximum atomic E-state index is 13.0. The van der Waals surface area contributed by atoms with Crippen LogP contribution >= 0.6 is 27.5 Å². The van der Waals surface area contributed by atoms with Crippen LogP contribution in [0, 0.1) is 0 Å². The van der Waals surface area contributed by atoms with Gasteiger partial charge in [0.25, 0.3) is 11.7 Å². The molecule has 1 heterocycles. The predicted octanol–water partition coefficient (Wildman–Crippen LogP) is 5.10. The van der Waals surface area contributed by atoms with E-state index in [4.69, 9.17) is 16.3 Å². The van der Waals surface area contributed by atoms with Gasteiger partial charge in [0.2, 0.25) is 0 Å². The number of hydrogen-bond donors (Lipinski definition) is 2. The molecule has 1 aliphatic heterocycles. The van der Waals surface area contributed by atoms with E-state index >= 15 is 0 Å². The topological polar surface area (TPSA) is 87.1 Å². The lowest BCUT2D eigenvalue weighted by Gasteiger charge is -2.24. The molecule has 0 spiro atoms. The third-order valence-corrected chi connectivity index (χ3v) is 6.37. The number of aliphatic hydroxyl groups is 2. The van der Waals surface area contributed by atoms with Crippen LogP contribution in [-0.4, -0.2) is 40.0 Å². The number of nitrogens with zero attached hydrogens (tertiary/aromatic N) is 1. The van der Waals surface area contributed by atoms with Crippen LogP contribution in [0.15, 0.2) is 82.8 Å². The molecule has 3 aromatic rings. The van der Waals surface area contributed by atoms with Gasteiger partial charge in [-0.05, 0) is 35.9 Å². The summed E-state index contributed by atoms with van der Waals surface area (Å²) in [6, 6.07) is 20.3. The van der Waals surface area contributed by atoms with Gasteiger partial charge in [-0.15, -0.1) is 0 Å². The Bertz CT molecular complexity index is 1280. The first-order chi connectivity index (χ1) is 16.4. The number of halogens is 2. The zero-order valence-corrected chi connectivity index (χ0v) is 20.3. The fourth-order valence-electron chi connectivity index (χ4n) is 3.91. The Balaban J connectivity index is 1.72. The Kier molecular flexibility index (Phi) is 7.36. The van der Waals surface area contributed by atoms with Crippen molar-refractivity contribution in [2.45, 2.75) is 12.6 Å². The van der Waals surface area contributed by atoms with Gasteiger partial charge in [0.05, 0.1) is 18.2 Å². The molecule has 0 aromatic heterocycles. The van der Waals surface area contributed by atoms with Crippen LogP contribution in [0.25, 0.3) is 5.76 Å². The van der Waals surface area contributed by atoms with Crippen molar-refractivity contribution in [3.63, 3.8) is 0 Å². The van der Waals surface area contributed by atoms with Gasteiger partial charge in [-0.1, -0.05) is 70.0 Å². The second-order valence-corrected chi connectivity index (χ2v) is 9.00. The summed E-state index contributed by atoms with van der Waals surface area (Å²) in [5.74, 6) is -1.43. The lowest BCUT2D eigenvalue weighted by Crippen LogP contribution is -2.32. The number of carbonyl (C=O) groups excluding carboxylic acids is 2. The van der Waals surface area contributed by atoms with Crippen LogP contribution in [-0.2, 0) is 16.2 Å². The van der Waals surface area contributed by atoms with Crippen molar-refractivity contribution >= 4 is 45.0 Å². The smallest absolute Gasteiger partial charge is 0.295 e. The number of hydrogen-bond acceptors (Lipinski definition) is 5. The molecule has 2 N–H and O–H groups in total. The third kappa shape index (κ3) is 4.87. The summed E-state index contributed by atoms with van der Waals surface area (Å²) in [7, 11) is 0. The molecule has 34 heavy (non-hydrogen) atoms. The Morgan fingerprint density at radius 2 is 1.79 bits per heavy atom. The summed E-state index contributed by atoms with van der Waals surface area (Å²) in [5, 5.41) is 21.2. The molecule has 1 saturated heterocycles. The van der Waals surface area contributed by atoms with E-state index in [1.54, 1.807) is 48.5 Å². The van der Waals surface area contributed by atoms with Gasteiger partial charge in [0.1, 0.15) is 18.1 Å². The van der Waals surface area contributed by atoms with E-state index in [1.807, 2.05) is 24.3 Å². The normalized spacial score (nSPS) is 17.3. The monoisotopic (exact) mass is 541 g/mol. The Morgan fingerprint density at radius 3 is 2.53 bits per heavy atom. The number of rotatable bonds is 7. The van der Waals surface area contributed by atoms with Crippen molar-refractivity contribution in [3.05, 3.63) is 105 Å². The molecule has 1 fully saturated rings. The molecule has 8 heteroatoms. The fraction of sp³-hybridized carbons (Fsp3) is 0.154. The van der Waals surface area contributed by atoms with E-state index in [9.17, 15) is 19.8 Å². The fourth-order valence-corrected chi connectivity index (χ4v) is 4.51. The minimum absolute atomic E-state index is 0.0418. The SMILES string of the molecule is O=C1C(=O)N(CCO)C(c2cccc(Br)c2)/C1=C(\O)c1cccc(OCc2ccccc2Cl)c1. The molecule has 0 radical (unpaired) electrons. The summed E-state index contributed by atoms with van der Waals surface area (Å²) >= 11 is 9.60. The number of amides is 1. The average Bonchev–Trinajstić information content (AvgIpc) is 3.08. The molecule has 1 amide bonds. The van der Waals surface area contributed by atoms with Gasteiger partial charge in [-0.3, -0.25) is 9.59 Å². The minimum atomic E-state index is -0.836. The number of aliphatic hydroxyl groups excluding tert-OH is 2. The third-order valence-electron chi connectivity index (χ3n) is 5.50. The van der Waals surface area contributed by atoms with E-state index in [0.717, 1.165) is 10.0 Å². The molecule has 6 nitrogen and oxygen atoms in total. The van der Waals surface area contributed by atoms with E-state index in [-0.39, 0.29) is 31.1 Å². The summed E-state index contributed by atoms with van der Waals surface area (Å²) in [6.07, 6.45) is 0. The largest absolute Gasteiger partial charge is 0.507 e. The molecule has 1 aliphatic rings. The van der Waals surface area contributed by atoms with Crippen molar-refractivity contribution in [1.29, 1.82) is 0 Å².